The summed E-state index contributed by atoms with van der Waals surface area (Å²) in [5.41, 5.74) is 0. The molecule has 0 N–H and O–H groups in total. The van der Waals surface area contributed by atoms with Crippen LogP contribution >= 0.6 is 23.5 Å². The van der Waals surface area contributed by atoms with Crippen molar-refractivity contribution in [2.24, 2.45) is 0 Å². The van der Waals surface area contributed by atoms with E-state index in [0.717, 1.165) is 11.0 Å². The second-order valence-electron chi connectivity index (χ2n) is 1.53. The molecular weight excluding hydrogens is 124 g/mol. The summed E-state index contributed by atoms with van der Waals surface area (Å²) in [4.78, 5) is 0. The molecule has 0 aliphatic carbocycles. The van der Waals surface area contributed by atoms with Crippen LogP contribution in [0.15, 0.2) is 0 Å². The third kappa shape index (κ3) is 2.50. The van der Waals surface area contributed by atoms with Crippen molar-refractivity contribution in [2.75, 3.05) is 17.3 Å². The highest BCUT2D eigenvalue weighted by molar-refractivity contribution is 8.08. The van der Waals surface area contributed by atoms with Crippen LogP contribution in [0.25, 0.3) is 0 Å². The molecule has 0 nitrogen and oxygen atoms in total. The van der Waals surface area contributed by atoms with E-state index in [-0.39, 0.29) is 0 Å². The van der Waals surface area contributed by atoms with Crippen molar-refractivity contribution in [3.8, 4) is 0 Å². The molecule has 0 aromatic carbocycles. The fraction of sp³-hybridized carbons (Fsp3) is 0.800. The van der Waals surface area contributed by atoms with Gasteiger partial charge in [-0.2, -0.15) is 23.5 Å². The second kappa shape index (κ2) is 2.88. The Morgan fingerprint density at radius 3 is 3.00 bits per heavy atom. The maximum Gasteiger partial charge on any atom is 0.0229 e. The first-order valence-corrected chi connectivity index (χ1v) is 4.62. The van der Waals surface area contributed by atoms with Gasteiger partial charge >= 0.3 is 0 Å². The first kappa shape index (κ1) is 5.83. The number of hydrogen-bond donors (Lipinski definition) is 0. The van der Waals surface area contributed by atoms with Gasteiger partial charge in [0.15, 0.2) is 0 Å². The Kier molecular flexibility index (Phi) is 2.40. The van der Waals surface area contributed by atoms with E-state index in [1.807, 2.05) is 11.8 Å². The quantitative estimate of drug-likeness (QED) is 0.537. The molecule has 1 atom stereocenters. The lowest BCUT2D eigenvalue weighted by Gasteiger charge is -1.88. The van der Waals surface area contributed by atoms with Gasteiger partial charge in [-0.15, -0.1) is 0 Å². The molecule has 2 heteroatoms. The molecule has 1 aliphatic rings. The van der Waals surface area contributed by atoms with Crippen LogP contribution < -0.4 is 0 Å². The van der Waals surface area contributed by atoms with Crippen molar-refractivity contribution in [2.45, 2.75) is 5.25 Å². The lowest BCUT2D eigenvalue weighted by atomic mass is 10.6. The summed E-state index contributed by atoms with van der Waals surface area (Å²) in [6.45, 7) is 3.74. The van der Waals surface area contributed by atoms with Crippen LogP contribution in [0.4, 0.5) is 0 Å². The summed E-state index contributed by atoms with van der Waals surface area (Å²) in [6.07, 6.45) is 0. The topological polar surface area (TPSA) is 0 Å². The smallest absolute Gasteiger partial charge is 0.0229 e. The molecule has 0 saturated carbocycles. The van der Waals surface area contributed by atoms with Crippen LogP contribution in [0.1, 0.15) is 0 Å². The zero-order chi connectivity index (χ0) is 5.11. The summed E-state index contributed by atoms with van der Waals surface area (Å²) in [5.74, 6) is 3.76. The van der Waals surface area contributed by atoms with Gasteiger partial charge < -0.3 is 0 Å². The van der Waals surface area contributed by atoms with E-state index >= 15 is 0 Å². The van der Waals surface area contributed by atoms with E-state index in [2.05, 4.69) is 18.7 Å². The first-order chi connectivity index (χ1) is 3.43. The van der Waals surface area contributed by atoms with Crippen molar-refractivity contribution in [1.29, 1.82) is 0 Å². The Labute approximate surface area is 53.4 Å². The molecule has 1 fully saturated rings. The van der Waals surface area contributed by atoms with Gasteiger partial charge in [0.2, 0.25) is 0 Å². The van der Waals surface area contributed by atoms with E-state index in [1.165, 1.54) is 11.5 Å². The Bertz CT molecular complexity index is 50.0. The molecule has 0 amide bonds. The summed E-state index contributed by atoms with van der Waals surface area (Å²) in [6, 6.07) is 0. The molecule has 1 rings (SSSR count). The molecule has 0 aromatic rings. The molecule has 1 aliphatic heterocycles. The molecule has 41 valence electrons. The molecule has 1 radical (unpaired) electrons. The predicted molar refractivity (Wildman–Crippen MR) is 38.9 cm³/mol. The highest BCUT2D eigenvalue weighted by Gasteiger charge is 2.20. The predicted octanol–water partition coefficient (Wildman–Crippen LogP) is 1.67. The van der Waals surface area contributed by atoms with Crippen molar-refractivity contribution < 1.29 is 0 Å². The normalized spacial score (nSPS) is 27.9. The van der Waals surface area contributed by atoms with Gasteiger partial charge in [0.05, 0.1) is 0 Å². The first-order valence-electron chi connectivity index (χ1n) is 2.42. The summed E-state index contributed by atoms with van der Waals surface area (Å²) >= 11 is 4.01. The van der Waals surface area contributed by atoms with Crippen LogP contribution in [-0.2, 0) is 0 Å². The molecule has 1 unspecified atom stereocenters. The summed E-state index contributed by atoms with van der Waals surface area (Å²) < 4.78 is 0. The number of hydrogen-bond acceptors (Lipinski definition) is 2. The van der Waals surface area contributed by atoms with Crippen molar-refractivity contribution in [3.63, 3.8) is 0 Å². The van der Waals surface area contributed by atoms with Gasteiger partial charge in [0.25, 0.3) is 0 Å². The van der Waals surface area contributed by atoms with Gasteiger partial charge in [-0.1, -0.05) is 0 Å². The average Bonchev–Trinajstić information content (AvgIpc) is 2.42. The Balaban J connectivity index is 1.80. The second-order valence-corrected chi connectivity index (χ2v) is 4.01. The fourth-order valence-electron chi connectivity index (χ4n) is 0.379. The zero-order valence-electron chi connectivity index (χ0n) is 4.22. The Morgan fingerprint density at radius 2 is 2.57 bits per heavy atom. The van der Waals surface area contributed by atoms with Gasteiger partial charge in [-0.3, -0.25) is 0 Å². The fourth-order valence-corrected chi connectivity index (χ4v) is 2.00. The number of rotatable bonds is 3. The molecule has 0 aromatic heterocycles. The number of thioether (sulfide) groups is 2. The van der Waals surface area contributed by atoms with Gasteiger partial charge in [0.1, 0.15) is 0 Å². The minimum absolute atomic E-state index is 0.992. The largest absolute Gasteiger partial charge is 0.161 e. The molecular formula is C5H9S2. The van der Waals surface area contributed by atoms with E-state index in [0.29, 0.717) is 0 Å². The van der Waals surface area contributed by atoms with E-state index in [9.17, 15) is 0 Å². The third-order valence-electron chi connectivity index (χ3n) is 0.850. The van der Waals surface area contributed by atoms with Crippen LogP contribution in [0.5, 0.6) is 0 Å². The highest BCUT2D eigenvalue weighted by atomic mass is 32.2. The minimum Gasteiger partial charge on any atom is -0.161 e. The van der Waals surface area contributed by atoms with E-state index < -0.39 is 0 Å². The van der Waals surface area contributed by atoms with E-state index in [1.54, 1.807) is 0 Å². The molecule has 0 bridgehead atoms. The van der Waals surface area contributed by atoms with Crippen molar-refractivity contribution in [1.82, 2.24) is 0 Å². The highest BCUT2D eigenvalue weighted by Crippen LogP contribution is 2.32. The molecule has 1 heterocycles. The third-order valence-corrected chi connectivity index (χ3v) is 2.96. The SMILES string of the molecule is [CH2]CSCC1CS1. The standard InChI is InChI=1S/C5H9S2/c1-2-6-3-5-4-7-5/h5H,1-4H2. The minimum atomic E-state index is 0.992. The maximum atomic E-state index is 3.74. The Hall–Kier alpha value is 0.700. The zero-order valence-corrected chi connectivity index (χ0v) is 5.86. The van der Waals surface area contributed by atoms with Gasteiger partial charge in [0, 0.05) is 16.8 Å². The lowest BCUT2D eigenvalue weighted by molar-refractivity contribution is 1.27. The van der Waals surface area contributed by atoms with E-state index in [4.69, 9.17) is 0 Å². The molecule has 0 spiro atoms. The van der Waals surface area contributed by atoms with Crippen LogP contribution in [0, 0.1) is 6.92 Å². The summed E-state index contributed by atoms with van der Waals surface area (Å²) in [7, 11) is 0. The molecule has 1 saturated heterocycles. The Morgan fingerprint density at radius 1 is 1.86 bits per heavy atom. The lowest BCUT2D eigenvalue weighted by Crippen LogP contribution is -1.86. The monoisotopic (exact) mass is 133 g/mol. The van der Waals surface area contributed by atoms with Crippen molar-refractivity contribution >= 4 is 23.5 Å². The average molecular weight is 133 g/mol. The van der Waals surface area contributed by atoms with Gasteiger partial charge in [-0.25, -0.2) is 0 Å². The van der Waals surface area contributed by atoms with Gasteiger partial charge in [-0.05, 0) is 12.7 Å². The molecule has 7 heavy (non-hydrogen) atoms. The van der Waals surface area contributed by atoms with Crippen LogP contribution in [-0.4, -0.2) is 22.5 Å². The van der Waals surface area contributed by atoms with Crippen LogP contribution in [0.2, 0.25) is 0 Å². The summed E-state index contributed by atoms with van der Waals surface area (Å²) in [5, 5.41) is 0.992. The van der Waals surface area contributed by atoms with Crippen molar-refractivity contribution in [3.05, 3.63) is 6.92 Å². The maximum absolute atomic E-state index is 3.74. The van der Waals surface area contributed by atoms with Crippen LogP contribution in [0.3, 0.4) is 0 Å².